The van der Waals surface area contributed by atoms with Gasteiger partial charge in [-0.15, -0.1) is 0 Å². The Labute approximate surface area is 131 Å². The maximum atomic E-state index is 12.8. The fourth-order valence-electron chi connectivity index (χ4n) is 2.78. The second-order valence-corrected chi connectivity index (χ2v) is 5.24. The zero-order valence-electron chi connectivity index (χ0n) is 12.2. The zero-order chi connectivity index (χ0) is 16.0. The number of methoxy groups -OCH3 is 1. The van der Waals surface area contributed by atoms with Gasteiger partial charge in [-0.05, 0) is 29.8 Å². The standard InChI is InChI=1S/C18H11NO4/c1-22-18(21)11-4-2-10(3-5-11)17(20)13-7-6-12-8-14(13)15-9-23-19-16(12)15/h2-9H,1H3. The molecule has 23 heavy (non-hydrogen) atoms. The maximum Gasteiger partial charge on any atom is 0.337 e. The molecule has 3 aromatic rings. The molecule has 0 atom stereocenters. The Morgan fingerprint density at radius 3 is 2.48 bits per heavy atom. The number of esters is 1. The molecule has 0 saturated carbocycles. The van der Waals surface area contributed by atoms with Crippen LogP contribution in [-0.4, -0.2) is 24.0 Å². The van der Waals surface area contributed by atoms with Crippen molar-refractivity contribution in [3.05, 3.63) is 65.4 Å². The molecule has 0 spiro atoms. The quantitative estimate of drug-likeness (QED) is 0.429. The van der Waals surface area contributed by atoms with Crippen molar-refractivity contribution in [1.29, 1.82) is 0 Å². The normalized spacial score (nSPS) is 11.2. The van der Waals surface area contributed by atoms with Gasteiger partial charge in [0.15, 0.2) is 5.78 Å². The summed E-state index contributed by atoms with van der Waals surface area (Å²) in [7, 11) is 1.32. The number of hydrogen-bond donors (Lipinski definition) is 0. The highest BCUT2D eigenvalue weighted by molar-refractivity contribution is 6.15. The number of aromatic nitrogens is 1. The number of carbonyl (C=O) groups excluding carboxylic acids is 2. The van der Waals surface area contributed by atoms with Gasteiger partial charge < -0.3 is 9.26 Å². The van der Waals surface area contributed by atoms with Gasteiger partial charge in [-0.3, -0.25) is 4.79 Å². The highest BCUT2D eigenvalue weighted by Gasteiger charge is 2.26. The summed E-state index contributed by atoms with van der Waals surface area (Å²) in [5.74, 6) is -0.543. The average molecular weight is 305 g/mol. The molecular formula is C18H11NO4. The smallest absolute Gasteiger partial charge is 0.337 e. The summed E-state index contributed by atoms with van der Waals surface area (Å²) in [4.78, 5) is 24.2. The van der Waals surface area contributed by atoms with E-state index in [0.717, 1.165) is 22.4 Å². The highest BCUT2D eigenvalue weighted by atomic mass is 16.5. The van der Waals surface area contributed by atoms with Crippen molar-refractivity contribution in [2.45, 2.75) is 0 Å². The van der Waals surface area contributed by atoms with Crippen LogP contribution in [0.4, 0.5) is 0 Å². The van der Waals surface area contributed by atoms with E-state index in [1.54, 1.807) is 36.6 Å². The second kappa shape index (κ2) is 4.91. The second-order valence-electron chi connectivity index (χ2n) is 5.24. The fraction of sp³-hybridized carbons (Fsp3) is 0.0556. The first-order valence-electron chi connectivity index (χ1n) is 7.01. The summed E-state index contributed by atoms with van der Waals surface area (Å²) in [5, 5.41) is 3.95. The molecule has 4 rings (SSSR count). The molecule has 2 bridgehead atoms. The summed E-state index contributed by atoms with van der Waals surface area (Å²) in [6.07, 6.45) is 1.55. The van der Waals surface area contributed by atoms with Crippen LogP contribution in [0.2, 0.25) is 0 Å². The number of nitrogens with zero attached hydrogens (tertiary/aromatic N) is 1. The molecule has 1 heterocycles. The van der Waals surface area contributed by atoms with Gasteiger partial charge in [0.25, 0.3) is 0 Å². The summed E-state index contributed by atoms with van der Waals surface area (Å²) >= 11 is 0. The maximum absolute atomic E-state index is 12.8. The number of hydrogen-bond acceptors (Lipinski definition) is 5. The molecule has 0 amide bonds. The number of fused-ring (bicyclic) bond motifs is 5. The SMILES string of the molecule is COC(=O)c1ccc(C(=O)c2ccc3cc2-c2conc2-3)cc1. The van der Waals surface area contributed by atoms with Crippen molar-refractivity contribution in [2.24, 2.45) is 0 Å². The number of ketones is 1. The Bertz CT molecular complexity index is 938. The minimum atomic E-state index is -0.430. The van der Waals surface area contributed by atoms with Gasteiger partial charge in [-0.2, -0.15) is 0 Å². The van der Waals surface area contributed by atoms with Gasteiger partial charge in [0.1, 0.15) is 12.0 Å². The molecular weight excluding hydrogens is 294 g/mol. The lowest BCUT2D eigenvalue weighted by Crippen LogP contribution is -2.05. The Balaban J connectivity index is 1.72. The fourth-order valence-corrected chi connectivity index (χ4v) is 2.78. The van der Waals surface area contributed by atoms with E-state index in [9.17, 15) is 9.59 Å². The third-order valence-corrected chi connectivity index (χ3v) is 3.97. The molecule has 5 nitrogen and oxygen atoms in total. The molecule has 2 aromatic carbocycles. The number of benzene rings is 2. The monoisotopic (exact) mass is 305 g/mol. The van der Waals surface area contributed by atoms with Crippen molar-refractivity contribution in [2.75, 3.05) is 7.11 Å². The Morgan fingerprint density at radius 1 is 1.00 bits per heavy atom. The van der Waals surface area contributed by atoms with E-state index in [4.69, 9.17) is 4.52 Å². The Hall–Kier alpha value is -3.21. The predicted molar refractivity (Wildman–Crippen MR) is 82.1 cm³/mol. The van der Waals surface area contributed by atoms with Crippen molar-refractivity contribution in [3.63, 3.8) is 0 Å². The van der Waals surface area contributed by atoms with Crippen LogP contribution in [0, 0.1) is 0 Å². The average Bonchev–Trinajstić information content (AvgIpc) is 3.18. The molecule has 0 N–H and O–H groups in total. The van der Waals surface area contributed by atoms with Gasteiger partial charge in [0, 0.05) is 16.7 Å². The predicted octanol–water partition coefficient (Wildman–Crippen LogP) is 3.34. The molecule has 1 aliphatic rings. The zero-order valence-corrected chi connectivity index (χ0v) is 12.2. The first-order chi connectivity index (χ1) is 11.2. The first kappa shape index (κ1) is 13.5. The van der Waals surface area contributed by atoms with E-state index in [2.05, 4.69) is 9.89 Å². The first-order valence-corrected chi connectivity index (χ1v) is 7.01. The van der Waals surface area contributed by atoms with Crippen LogP contribution in [0.1, 0.15) is 26.3 Å². The molecule has 0 fully saturated rings. The van der Waals surface area contributed by atoms with Crippen molar-refractivity contribution in [3.8, 4) is 22.4 Å². The molecule has 0 saturated heterocycles. The van der Waals surface area contributed by atoms with Crippen LogP contribution in [-0.2, 0) is 4.74 Å². The number of carbonyl (C=O) groups is 2. The van der Waals surface area contributed by atoms with Gasteiger partial charge in [0.2, 0.25) is 0 Å². The lowest BCUT2D eigenvalue weighted by atomic mass is 9.97. The van der Waals surface area contributed by atoms with E-state index in [1.165, 1.54) is 7.11 Å². The van der Waals surface area contributed by atoms with E-state index in [0.29, 0.717) is 16.7 Å². The van der Waals surface area contributed by atoms with Gasteiger partial charge in [-0.25, -0.2) is 4.79 Å². The van der Waals surface area contributed by atoms with Gasteiger partial charge >= 0.3 is 5.97 Å². The third kappa shape index (κ3) is 1.97. The van der Waals surface area contributed by atoms with Crippen LogP contribution < -0.4 is 0 Å². The summed E-state index contributed by atoms with van der Waals surface area (Å²) in [6, 6.07) is 12.0. The molecule has 1 aromatic heterocycles. The van der Waals surface area contributed by atoms with E-state index in [-0.39, 0.29) is 5.78 Å². The number of rotatable bonds is 3. The van der Waals surface area contributed by atoms with Crippen LogP contribution in [0.25, 0.3) is 22.4 Å². The van der Waals surface area contributed by atoms with Crippen molar-refractivity contribution >= 4 is 11.8 Å². The largest absolute Gasteiger partial charge is 0.465 e. The van der Waals surface area contributed by atoms with Crippen molar-refractivity contribution in [1.82, 2.24) is 5.16 Å². The van der Waals surface area contributed by atoms with Gasteiger partial charge in [-0.1, -0.05) is 23.4 Å². The molecule has 0 radical (unpaired) electrons. The Kier molecular flexibility index (Phi) is 2.87. The summed E-state index contributed by atoms with van der Waals surface area (Å²) < 4.78 is 9.64. The molecule has 0 unspecified atom stereocenters. The highest BCUT2D eigenvalue weighted by Crippen LogP contribution is 2.41. The molecule has 0 aliphatic heterocycles. The lowest BCUT2D eigenvalue weighted by Gasteiger charge is -2.05. The van der Waals surface area contributed by atoms with E-state index in [1.807, 2.05) is 12.1 Å². The van der Waals surface area contributed by atoms with Crippen LogP contribution in [0.3, 0.4) is 0 Å². The molecule has 5 heteroatoms. The molecule has 112 valence electrons. The minimum Gasteiger partial charge on any atom is -0.465 e. The van der Waals surface area contributed by atoms with Crippen molar-refractivity contribution < 1.29 is 18.8 Å². The van der Waals surface area contributed by atoms with E-state index < -0.39 is 5.97 Å². The Morgan fingerprint density at radius 2 is 1.74 bits per heavy atom. The minimum absolute atomic E-state index is 0.114. The molecule has 1 aliphatic carbocycles. The van der Waals surface area contributed by atoms with Gasteiger partial charge in [0.05, 0.1) is 18.2 Å². The van der Waals surface area contributed by atoms with Crippen LogP contribution in [0.5, 0.6) is 0 Å². The number of ether oxygens (including phenoxy) is 1. The topological polar surface area (TPSA) is 69.4 Å². The van der Waals surface area contributed by atoms with E-state index >= 15 is 0 Å². The lowest BCUT2D eigenvalue weighted by molar-refractivity contribution is 0.0600. The van der Waals surface area contributed by atoms with Crippen LogP contribution >= 0.6 is 0 Å². The third-order valence-electron chi connectivity index (χ3n) is 3.97. The summed E-state index contributed by atoms with van der Waals surface area (Å²) in [6.45, 7) is 0. The van der Waals surface area contributed by atoms with Crippen LogP contribution in [0.15, 0.2) is 53.3 Å². The summed E-state index contributed by atoms with van der Waals surface area (Å²) in [5.41, 5.74) is 4.86.